The molecule has 0 bridgehead atoms. The number of carbonyl (C=O) groups excluding carboxylic acids is 1. The third kappa shape index (κ3) is 2.54. The molecule has 0 aromatic carbocycles. The quantitative estimate of drug-likeness (QED) is 0.823. The minimum atomic E-state index is -0.403. The van der Waals surface area contributed by atoms with E-state index < -0.39 is 5.56 Å². The van der Waals surface area contributed by atoms with Crippen molar-refractivity contribution < 1.29 is 9.32 Å². The Balaban J connectivity index is 2.04. The van der Waals surface area contributed by atoms with Gasteiger partial charge in [0, 0.05) is 18.7 Å². The average Bonchev–Trinajstić information content (AvgIpc) is 2.82. The SMILES string of the molecule is Cc1cc(=O)n(C(=O)CN2CC(CN)CC2C)o1. The monoisotopic (exact) mass is 253 g/mol. The van der Waals surface area contributed by atoms with E-state index in [4.69, 9.17) is 10.3 Å². The van der Waals surface area contributed by atoms with Crippen LogP contribution in [0.2, 0.25) is 0 Å². The summed E-state index contributed by atoms with van der Waals surface area (Å²) >= 11 is 0. The minimum Gasteiger partial charge on any atom is -0.373 e. The summed E-state index contributed by atoms with van der Waals surface area (Å²) in [4.78, 5) is 25.5. The maximum Gasteiger partial charge on any atom is 0.290 e. The second kappa shape index (κ2) is 5.07. The van der Waals surface area contributed by atoms with Gasteiger partial charge in [-0.05, 0) is 32.7 Å². The summed E-state index contributed by atoms with van der Waals surface area (Å²) in [7, 11) is 0. The molecule has 2 atom stereocenters. The molecule has 0 radical (unpaired) electrons. The summed E-state index contributed by atoms with van der Waals surface area (Å²) in [5, 5.41) is 0. The van der Waals surface area contributed by atoms with Crippen molar-refractivity contribution in [2.45, 2.75) is 26.3 Å². The van der Waals surface area contributed by atoms with Gasteiger partial charge in [-0.15, -0.1) is 4.74 Å². The van der Waals surface area contributed by atoms with E-state index in [0.717, 1.165) is 17.7 Å². The molecule has 0 saturated carbocycles. The molecule has 2 N–H and O–H groups in total. The predicted octanol–water partition coefficient (Wildman–Crippen LogP) is 0.0590. The number of hydrogen-bond acceptors (Lipinski definition) is 5. The van der Waals surface area contributed by atoms with Gasteiger partial charge in [0.05, 0.1) is 6.54 Å². The first-order chi connectivity index (χ1) is 8.51. The number of aromatic nitrogens is 1. The van der Waals surface area contributed by atoms with Crippen LogP contribution in [0.1, 0.15) is 23.9 Å². The van der Waals surface area contributed by atoms with Crippen molar-refractivity contribution in [2.75, 3.05) is 19.6 Å². The van der Waals surface area contributed by atoms with Crippen molar-refractivity contribution in [2.24, 2.45) is 11.7 Å². The van der Waals surface area contributed by atoms with Crippen LogP contribution in [-0.2, 0) is 0 Å². The zero-order valence-electron chi connectivity index (χ0n) is 10.8. The molecular weight excluding hydrogens is 234 g/mol. The lowest BCUT2D eigenvalue weighted by molar-refractivity contribution is 0.0708. The van der Waals surface area contributed by atoms with E-state index in [-0.39, 0.29) is 12.5 Å². The molecule has 18 heavy (non-hydrogen) atoms. The van der Waals surface area contributed by atoms with E-state index >= 15 is 0 Å². The summed E-state index contributed by atoms with van der Waals surface area (Å²) < 4.78 is 5.91. The number of hydrogen-bond donors (Lipinski definition) is 1. The molecule has 2 unspecified atom stereocenters. The smallest absolute Gasteiger partial charge is 0.290 e. The predicted molar refractivity (Wildman–Crippen MR) is 66.5 cm³/mol. The summed E-state index contributed by atoms with van der Waals surface area (Å²) in [6.07, 6.45) is 0.996. The van der Waals surface area contributed by atoms with Crippen LogP contribution in [0.4, 0.5) is 0 Å². The normalized spacial score (nSPS) is 24.6. The van der Waals surface area contributed by atoms with Crippen LogP contribution in [0.15, 0.2) is 15.4 Å². The molecular formula is C12H19N3O3. The highest BCUT2D eigenvalue weighted by atomic mass is 16.5. The molecule has 6 heteroatoms. The van der Waals surface area contributed by atoms with Gasteiger partial charge in [-0.25, -0.2) is 0 Å². The molecule has 1 aliphatic heterocycles. The van der Waals surface area contributed by atoms with Crippen molar-refractivity contribution in [3.63, 3.8) is 0 Å². The highest BCUT2D eigenvalue weighted by Gasteiger charge is 2.30. The maximum atomic E-state index is 12.0. The maximum absolute atomic E-state index is 12.0. The van der Waals surface area contributed by atoms with E-state index in [2.05, 4.69) is 6.92 Å². The Morgan fingerprint density at radius 1 is 1.61 bits per heavy atom. The van der Waals surface area contributed by atoms with Crippen LogP contribution in [0, 0.1) is 12.8 Å². The van der Waals surface area contributed by atoms with E-state index in [1.807, 2.05) is 4.90 Å². The Bertz CT molecular complexity index is 491. The molecule has 100 valence electrons. The van der Waals surface area contributed by atoms with Crippen molar-refractivity contribution in [1.82, 2.24) is 9.64 Å². The van der Waals surface area contributed by atoms with Gasteiger partial charge < -0.3 is 10.3 Å². The summed E-state index contributed by atoms with van der Waals surface area (Å²) in [6, 6.07) is 1.63. The van der Waals surface area contributed by atoms with Crippen LogP contribution < -0.4 is 11.3 Å². The number of aryl methyl sites for hydroxylation is 1. The van der Waals surface area contributed by atoms with Crippen molar-refractivity contribution in [1.29, 1.82) is 0 Å². The highest BCUT2D eigenvalue weighted by Crippen LogP contribution is 2.21. The number of likely N-dealkylation sites (tertiary alicyclic amines) is 1. The standard InChI is InChI=1S/C12H19N3O3/c1-8-3-10(5-13)6-14(8)7-12(17)15-11(16)4-9(2)18-15/h4,8,10H,3,5-7,13H2,1-2H3. The third-order valence-electron chi connectivity index (χ3n) is 3.45. The fraction of sp³-hybridized carbons (Fsp3) is 0.667. The topological polar surface area (TPSA) is 81.5 Å². The largest absolute Gasteiger partial charge is 0.373 e. The first kappa shape index (κ1) is 13.0. The molecule has 0 aliphatic carbocycles. The molecule has 0 amide bonds. The number of rotatable bonds is 3. The van der Waals surface area contributed by atoms with Crippen LogP contribution in [0.25, 0.3) is 0 Å². The van der Waals surface area contributed by atoms with Crippen LogP contribution in [-0.4, -0.2) is 41.2 Å². The van der Waals surface area contributed by atoms with E-state index in [9.17, 15) is 9.59 Å². The number of carbonyl (C=O) groups is 1. The second-order valence-electron chi connectivity index (χ2n) is 4.99. The fourth-order valence-electron chi connectivity index (χ4n) is 2.47. The van der Waals surface area contributed by atoms with E-state index in [0.29, 0.717) is 24.3 Å². The van der Waals surface area contributed by atoms with Gasteiger partial charge in [0.2, 0.25) is 0 Å². The highest BCUT2D eigenvalue weighted by molar-refractivity contribution is 5.79. The van der Waals surface area contributed by atoms with Gasteiger partial charge in [0.25, 0.3) is 11.5 Å². The van der Waals surface area contributed by atoms with Crippen molar-refractivity contribution in [3.05, 3.63) is 22.2 Å². The molecule has 2 rings (SSSR count). The van der Waals surface area contributed by atoms with Gasteiger partial charge in [-0.1, -0.05) is 0 Å². The third-order valence-corrected chi connectivity index (χ3v) is 3.45. The first-order valence-electron chi connectivity index (χ1n) is 6.18. The van der Waals surface area contributed by atoms with E-state index in [1.54, 1.807) is 6.92 Å². The molecule has 0 spiro atoms. The zero-order valence-corrected chi connectivity index (χ0v) is 10.8. The molecule has 1 aliphatic rings. The van der Waals surface area contributed by atoms with Crippen LogP contribution in [0.3, 0.4) is 0 Å². The second-order valence-corrected chi connectivity index (χ2v) is 4.99. The molecule has 1 fully saturated rings. The Hall–Kier alpha value is -1.40. The Labute approximate surface area is 105 Å². The Kier molecular flexibility index (Phi) is 3.68. The van der Waals surface area contributed by atoms with Crippen LogP contribution in [0.5, 0.6) is 0 Å². The summed E-state index contributed by atoms with van der Waals surface area (Å²) in [5.74, 6) is 0.558. The number of nitrogens with zero attached hydrogens (tertiary/aromatic N) is 2. The lowest BCUT2D eigenvalue weighted by Gasteiger charge is -2.19. The first-order valence-corrected chi connectivity index (χ1v) is 6.18. The molecule has 6 nitrogen and oxygen atoms in total. The molecule has 1 aromatic rings. The van der Waals surface area contributed by atoms with Crippen LogP contribution >= 0.6 is 0 Å². The molecule has 2 heterocycles. The Morgan fingerprint density at radius 3 is 2.83 bits per heavy atom. The van der Waals surface area contributed by atoms with Gasteiger partial charge >= 0.3 is 0 Å². The van der Waals surface area contributed by atoms with Gasteiger partial charge in [-0.2, -0.15) is 0 Å². The molecule has 1 saturated heterocycles. The Morgan fingerprint density at radius 2 is 2.33 bits per heavy atom. The lowest BCUT2D eigenvalue weighted by atomic mass is 10.1. The van der Waals surface area contributed by atoms with Gasteiger partial charge in [0.1, 0.15) is 5.76 Å². The number of nitrogens with two attached hydrogens (primary N) is 1. The van der Waals surface area contributed by atoms with Crippen molar-refractivity contribution >= 4 is 5.91 Å². The van der Waals surface area contributed by atoms with Gasteiger partial charge in [0.15, 0.2) is 0 Å². The summed E-state index contributed by atoms with van der Waals surface area (Å²) in [6.45, 7) is 5.35. The minimum absolute atomic E-state index is 0.199. The van der Waals surface area contributed by atoms with E-state index in [1.165, 1.54) is 6.07 Å². The molecule has 1 aromatic heterocycles. The summed E-state index contributed by atoms with van der Waals surface area (Å²) in [5.41, 5.74) is 5.24. The average molecular weight is 253 g/mol. The fourth-order valence-corrected chi connectivity index (χ4v) is 2.47. The zero-order chi connectivity index (χ0) is 13.3. The lowest BCUT2D eigenvalue weighted by Crippen LogP contribution is -2.37. The van der Waals surface area contributed by atoms with Crippen molar-refractivity contribution in [3.8, 4) is 0 Å². The van der Waals surface area contributed by atoms with Gasteiger partial charge in [-0.3, -0.25) is 14.5 Å².